The van der Waals surface area contributed by atoms with Gasteiger partial charge in [0, 0.05) is 39.8 Å². The van der Waals surface area contributed by atoms with Crippen LogP contribution in [0.3, 0.4) is 0 Å². The Labute approximate surface area is 130 Å². The van der Waals surface area contributed by atoms with Crippen LogP contribution < -0.4 is 4.90 Å². The van der Waals surface area contributed by atoms with Crippen molar-refractivity contribution < 1.29 is 0 Å². The Hall–Kier alpha value is -1.66. The van der Waals surface area contributed by atoms with Crippen LogP contribution in [0.25, 0.3) is 0 Å². The highest BCUT2D eigenvalue weighted by molar-refractivity contribution is 7.71. The Balaban J connectivity index is 1.64. The summed E-state index contributed by atoms with van der Waals surface area (Å²) >= 11 is 5.19. The fourth-order valence-electron chi connectivity index (χ4n) is 2.79. The first-order chi connectivity index (χ1) is 10.2. The number of aromatic amines is 1. The van der Waals surface area contributed by atoms with Gasteiger partial charge in [0.1, 0.15) is 0 Å². The summed E-state index contributed by atoms with van der Waals surface area (Å²) in [7, 11) is 1.97. The maximum atomic E-state index is 5.19. The van der Waals surface area contributed by atoms with Crippen molar-refractivity contribution in [2.75, 3.05) is 31.1 Å². The third-order valence-corrected chi connectivity index (χ3v) is 4.34. The summed E-state index contributed by atoms with van der Waals surface area (Å²) in [6.45, 7) is 5.21. The van der Waals surface area contributed by atoms with Crippen LogP contribution in [0.5, 0.6) is 0 Å². The molecule has 1 aliphatic heterocycles. The van der Waals surface area contributed by atoms with Gasteiger partial charge >= 0.3 is 0 Å². The van der Waals surface area contributed by atoms with E-state index in [0.29, 0.717) is 4.77 Å². The summed E-state index contributed by atoms with van der Waals surface area (Å²) in [5.74, 6) is 0.946. The molecule has 2 aromatic rings. The van der Waals surface area contributed by atoms with E-state index in [9.17, 15) is 0 Å². The second-order valence-electron chi connectivity index (χ2n) is 5.49. The highest BCUT2D eigenvalue weighted by Crippen LogP contribution is 2.14. The molecule has 0 spiro atoms. The van der Waals surface area contributed by atoms with Crippen LogP contribution in [-0.4, -0.2) is 45.8 Å². The number of rotatable bonds is 3. The number of hydrogen-bond donors (Lipinski definition) is 1. The quantitative estimate of drug-likeness (QED) is 0.883. The Morgan fingerprint density at radius 3 is 2.67 bits per heavy atom. The standard InChI is InChI=1S/C15H21N5S/c1-18-14(16-17-15(18)21)20-9-5-8-19(10-11-20)12-13-6-3-2-4-7-13/h2-4,6-7H,5,8-12H2,1H3,(H,17,21). The molecule has 0 atom stereocenters. The molecule has 112 valence electrons. The lowest BCUT2D eigenvalue weighted by Crippen LogP contribution is -2.31. The number of H-pyrrole nitrogens is 1. The molecule has 1 N–H and O–H groups in total. The van der Waals surface area contributed by atoms with Crippen LogP contribution in [0, 0.1) is 4.77 Å². The van der Waals surface area contributed by atoms with Gasteiger partial charge in [-0.05, 0) is 24.2 Å². The molecular formula is C15H21N5S. The molecule has 2 heterocycles. The average molecular weight is 303 g/mol. The first-order valence-corrected chi connectivity index (χ1v) is 7.77. The molecule has 0 bridgehead atoms. The van der Waals surface area contributed by atoms with E-state index in [1.807, 2.05) is 11.6 Å². The maximum Gasteiger partial charge on any atom is 0.225 e. The van der Waals surface area contributed by atoms with Gasteiger partial charge in [-0.2, -0.15) is 0 Å². The average Bonchev–Trinajstić information content (AvgIpc) is 2.71. The molecule has 1 saturated heterocycles. The summed E-state index contributed by atoms with van der Waals surface area (Å²) in [6.07, 6.45) is 1.15. The zero-order valence-corrected chi connectivity index (χ0v) is 13.1. The Kier molecular flexibility index (Phi) is 4.36. The molecule has 0 aliphatic carbocycles. The van der Waals surface area contributed by atoms with Gasteiger partial charge in [-0.15, -0.1) is 5.10 Å². The fraction of sp³-hybridized carbons (Fsp3) is 0.467. The Bertz CT molecular complexity index is 633. The highest BCUT2D eigenvalue weighted by Gasteiger charge is 2.18. The lowest BCUT2D eigenvalue weighted by Gasteiger charge is -2.22. The van der Waals surface area contributed by atoms with Crippen LogP contribution in [0.1, 0.15) is 12.0 Å². The van der Waals surface area contributed by atoms with Crippen LogP contribution in [0.4, 0.5) is 5.95 Å². The van der Waals surface area contributed by atoms with Crippen LogP contribution in [-0.2, 0) is 13.6 Å². The zero-order valence-electron chi connectivity index (χ0n) is 12.3. The number of hydrogen-bond acceptors (Lipinski definition) is 4. The van der Waals surface area contributed by atoms with Gasteiger partial charge < -0.3 is 4.90 Å². The molecule has 5 nitrogen and oxygen atoms in total. The Morgan fingerprint density at radius 1 is 1.14 bits per heavy atom. The van der Waals surface area contributed by atoms with Crippen molar-refractivity contribution in [2.45, 2.75) is 13.0 Å². The predicted octanol–water partition coefficient (Wildman–Crippen LogP) is 2.19. The van der Waals surface area contributed by atoms with Gasteiger partial charge in [0.05, 0.1) is 0 Å². The molecule has 21 heavy (non-hydrogen) atoms. The molecule has 1 aliphatic rings. The lowest BCUT2D eigenvalue weighted by molar-refractivity contribution is 0.285. The molecule has 1 aromatic carbocycles. The van der Waals surface area contributed by atoms with E-state index in [2.05, 4.69) is 50.3 Å². The number of benzene rings is 1. The van der Waals surface area contributed by atoms with Crippen molar-refractivity contribution >= 4 is 18.2 Å². The molecule has 0 radical (unpaired) electrons. The van der Waals surface area contributed by atoms with Crippen molar-refractivity contribution in [3.63, 3.8) is 0 Å². The van der Waals surface area contributed by atoms with Crippen molar-refractivity contribution in [1.29, 1.82) is 0 Å². The van der Waals surface area contributed by atoms with Crippen LogP contribution >= 0.6 is 12.2 Å². The summed E-state index contributed by atoms with van der Waals surface area (Å²) in [5.41, 5.74) is 1.38. The molecule has 1 aromatic heterocycles. The second-order valence-corrected chi connectivity index (χ2v) is 5.88. The normalized spacial score (nSPS) is 16.9. The number of nitrogens with zero attached hydrogens (tertiary/aromatic N) is 4. The minimum atomic E-state index is 0.676. The topological polar surface area (TPSA) is 40.1 Å². The minimum Gasteiger partial charge on any atom is -0.340 e. The van der Waals surface area contributed by atoms with Crippen LogP contribution in [0.2, 0.25) is 0 Å². The monoisotopic (exact) mass is 303 g/mol. The fourth-order valence-corrected chi connectivity index (χ4v) is 2.92. The number of aromatic nitrogens is 3. The van der Waals surface area contributed by atoms with Gasteiger partial charge in [-0.25, -0.2) is 5.10 Å². The summed E-state index contributed by atoms with van der Waals surface area (Å²) in [5, 5.41) is 7.21. The Morgan fingerprint density at radius 2 is 1.95 bits per heavy atom. The number of anilines is 1. The van der Waals surface area contributed by atoms with Gasteiger partial charge in [-0.3, -0.25) is 9.47 Å². The van der Waals surface area contributed by atoms with Crippen molar-refractivity contribution in [3.8, 4) is 0 Å². The van der Waals surface area contributed by atoms with Gasteiger partial charge in [0.25, 0.3) is 0 Å². The van der Waals surface area contributed by atoms with Crippen molar-refractivity contribution in [3.05, 3.63) is 40.7 Å². The maximum absolute atomic E-state index is 5.19. The van der Waals surface area contributed by atoms with E-state index in [4.69, 9.17) is 12.2 Å². The molecule has 0 amide bonds. The van der Waals surface area contributed by atoms with E-state index >= 15 is 0 Å². The van der Waals surface area contributed by atoms with E-state index in [1.54, 1.807) is 0 Å². The van der Waals surface area contributed by atoms with Gasteiger partial charge in [0.15, 0.2) is 4.77 Å². The van der Waals surface area contributed by atoms with Gasteiger partial charge in [-0.1, -0.05) is 30.3 Å². The molecular weight excluding hydrogens is 282 g/mol. The molecule has 3 rings (SSSR count). The molecule has 0 unspecified atom stereocenters. The van der Waals surface area contributed by atoms with E-state index < -0.39 is 0 Å². The van der Waals surface area contributed by atoms with Crippen molar-refractivity contribution in [1.82, 2.24) is 19.7 Å². The minimum absolute atomic E-state index is 0.676. The molecule has 6 heteroatoms. The SMILES string of the molecule is Cn1c(N2CCCN(Cc3ccccc3)CC2)n[nH]c1=S. The largest absolute Gasteiger partial charge is 0.340 e. The van der Waals surface area contributed by atoms with Gasteiger partial charge in [0.2, 0.25) is 5.95 Å². The third kappa shape index (κ3) is 3.33. The highest BCUT2D eigenvalue weighted by atomic mass is 32.1. The summed E-state index contributed by atoms with van der Waals surface area (Å²) in [6, 6.07) is 10.7. The summed E-state index contributed by atoms with van der Waals surface area (Å²) < 4.78 is 2.62. The summed E-state index contributed by atoms with van der Waals surface area (Å²) in [4.78, 5) is 4.83. The lowest BCUT2D eigenvalue weighted by atomic mass is 10.2. The van der Waals surface area contributed by atoms with Crippen molar-refractivity contribution in [2.24, 2.45) is 7.05 Å². The first-order valence-electron chi connectivity index (χ1n) is 7.36. The van der Waals surface area contributed by atoms with Crippen LogP contribution in [0.15, 0.2) is 30.3 Å². The predicted molar refractivity (Wildman–Crippen MR) is 86.9 cm³/mol. The smallest absolute Gasteiger partial charge is 0.225 e. The van der Waals surface area contributed by atoms with E-state index in [-0.39, 0.29) is 0 Å². The third-order valence-electron chi connectivity index (χ3n) is 3.98. The second kappa shape index (κ2) is 6.41. The van der Waals surface area contributed by atoms with E-state index in [1.165, 1.54) is 5.56 Å². The number of nitrogens with one attached hydrogen (secondary N) is 1. The first kappa shape index (κ1) is 14.3. The molecule has 0 saturated carbocycles. The molecule has 1 fully saturated rings. The van der Waals surface area contributed by atoms with E-state index in [0.717, 1.165) is 45.1 Å². The zero-order chi connectivity index (χ0) is 14.7.